The van der Waals surface area contributed by atoms with Crippen molar-refractivity contribution in [2.75, 3.05) is 5.73 Å². The summed E-state index contributed by atoms with van der Waals surface area (Å²) in [6.07, 6.45) is 4.06. The largest absolute Gasteiger partial charge is 0.399 e. The fraction of sp³-hybridized carbons (Fsp3) is 0.154. The normalized spacial score (nSPS) is 11.1. The Balaban J connectivity index is 2.21. The van der Waals surface area contributed by atoms with Crippen LogP contribution in [0.1, 0.15) is 21.1 Å². The van der Waals surface area contributed by atoms with Crippen LogP contribution in [0.4, 0.5) is 5.69 Å². The van der Waals surface area contributed by atoms with Crippen LogP contribution in [0.2, 0.25) is 0 Å². The van der Waals surface area contributed by atoms with E-state index in [0.29, 0.717) is 0 Å². The summed E-state index contributed by atoms with van der Waals surface area (Å²) in [5.41, 5.74) is 8.71. The number of aromatic nitrogens is 1. The van der Waals surface area contributed by atoms with Gasteiger partial charge in [-0.3, -0.25) is 0 Å². The second-order valence-electron chi connectivity index (χ2n) is 3.70. The Morgan fingerprint density at radius 3 is 2.69 bits per heavy atom. The van der Waals surface area contributed by atoms with E-state index in [-0.39, 0.29) is 0 Å². The van der Waals surface area contributed by atoms with Gasteiger partial charge in [0.05, 0.1) is 5.69 Å². The lowest BCUT2D eigenvalue weighted by atomic mass is 10.2. The van der Waals surface area contributed by atoms with Gasteiger partial charge in [0.15, 0.2) is 0 Å². The molecule has 0 radical (unpaired) electrons. The van der Waals surface area contributed by atoms with Crippen molar-refractivity contribution in [2.24, 2.45) is 0 Å². The third-order valence-electron chi connectivity index (χ3n) is 2.37. The van der Waals surface area contributed by atoms with Gasteiger partial charge >= 0.3 is 0 Å². The van der Waals surface area contributed by atoms with Gasteiger partial charge in [-0.25, -0.2) is 4.98 Å². The summed E-state index contributed by atoms with van der Waals surface area (Å²) in [7, 11) is 0. The summed E-state index contributed by atoms with van der Waals surface area (Å²) in [6, 6.07) is 7.81. The highest BCUT2D eigenvalue weighted by molar-refractivity contribution is 7.12. The van der Waals surface area contributed by atoms with Crippen LogP contribution in [0.25, 0.3) is 12.2 Å². The number of thiazole rings is 1. The van der Waals surface area contributed by atoms with E-state index in [2.05, 4.69) is 11.9 Å². The number of aryl methyl sites for hydroxylation is 2. The molecule has 16 heavy (non-hydrogen) atoms. The number of nitrogen functional groups attached to an aromatic ring is 1. The summed E-state index contributed by atoms with van der Waals surface area (Å²) >= 11 is 1.71. The van der Waals surface area contributed by atoms with Gasteiger partial charge in [0, 0.05) is 10.6 Å². The highest BCUT2D eigenvalue weighted by Crippen LogP contribution is 2.19. The lowest BCUT2D eigenvalue weighted by molar-refractivity contribution is 1.22. The molecule has 3 heteroatoms. The van der Waals surface area contributed by atoms with Crippen molar-refractivity contribution in [1.82, 2.24) is 4.98 Å². The van der Waals surface area contributed by atoms with Gasteiger partial charge in [-0.1, -0.05) is 18.2 Å². The van der Waals surface area contributed by atoms with Crippen molar-refractivity contribution in [3.63, 3.8) is 0 Å². The Bertz CT molecular complexity index is 507. The maximum absolute atomic E-state index is 5.71. The van der Waals surface area contributed by atoms with Crippen LogP contribution >= 0.6 is 11.3 Å². The number of anilines is 1. The topological polar surface area (TPSA) is 38.9 Å². The maximum atomic E-state index is 5.71. The van der Waals surface area contributed by atoms with Gasteiger partial charge in [0.2, 0.25) is 0 Å². The Hall–Kier alpha value is -1.61. The van der Waals surface area contributed by atoms with Crippen LogP contribution in [-0.2, 0) is 0 Å². The van der Waals surface area contributed by atoms with Crippen molar-refractivity contribution in [3.05, 3.63) is 45.4 Å². The molecule has 2 rings (SSSR count). The van der Waals surface area contributed by atoms with Gasteiger partial charge in [-0.2, -0.15) is 0 Å². The monoisotopic (exact) mass is 230 g/mol. The Kier molecular flexibility index (Phi) is 3.06. The molecule has 2 aromatic rings. The molecule has 1 aromatic carbocycles. The zero-order valence-corrected chi connectivity index (χ0v) is 10.2. The van der Waals surface area contributed by atoms with E-state index in [1.165, 1.54) is 4.88 Å². The SMILES string of the molecule is Cc1nc(C=Cc2cccc(N)c2)sc1C. The fourth-order valence-electron chi connectivity index (χ4n) is 1.40. The zero-order chi connectivity index (χ0) is 11.5. The molecule has 2 N–H and O–H groups in total. The van der Waals surface area contributed by atoms with Crippen LogP contribution in [0.15, 0.2) is 24.3 Å². The molecule has 0 aliphatic heterocycles. The molecular formula is C13H14N2S. The maximum Gasteiger partial charge on any atom is 0.116 e. The minimum atomic E-state index is 0.786. The first kappa shape index (κ1) is 10.9. The van der Waals surface area contributed by atoms with Crippen molar-refractivity contribution < 1.29 is 0 Å². The second-order valence-corrected chi connectivity index (χ2v) is 4.93. The first-order chi connectivity index (χ1) is 7.65. The van der Waals surface area contributed by atoms with Crippen molar-refractivity contribution in [2.45, 2.75) is 13.8 Å². The van der Waals surface area contributed by atoms with Gasteiger partial charge in [-0.15, -0.1) is 11.3 Å². The Morgan fingerprint density at radius 2 is 2.06 bits per heavy atom. The van der Waals surface area contributed by atoms with Gasteiger partial charge in [0.25, 0.3) is 0 Å². The third kappa shape index (κ3) is 2.49. The fourth-order valence-corrected chi connectivity index (χ4v) is 2.22. The molecule has 0 saturated heterocycles. The highest BCUT2D eigenvalue weighted by atomic mass is 32.1. The Morgan fingerprint density at radius 1 is 1.25 bits per heavy atom. The quantitative estimate of drug-likeness (QED) is 0.802. The van der Waals surface area contributed by atoms with Crippen LogP contribution < -0.4 is 5.73 Å². The van der Waals surface area contributed by atoms with E-state index in [1.54, 1.807) is 11.3 Å². The second kappa shape index (κ2) is 4.49. The predicted octanol–water partition coefficient (Wildman–Crippen LogP) is 3.51. The predicted molar refractivity (Wildman–Crippen MR) is 71.4 cm³/mol. The third-order valence-corrected chi connectivity index (χ3v) is 3.41. The molecule has 0 spiro atoms. The van der Waals surface area contributed by atoms with Crippen LogP contribution in [0, 0.1) is 13.8 Å². The average Bonchev–Trinajstić information content (AvgIpc) is 2.56. The molecule has 0 fully saturated rings. The average molecular weight is 230 g/mol. The van der Waals surface area contributed by atoms with E-state index in [4.69, 9.17) is 5.73 Å². The number of nitrogens with zero attached hydrogens (tertiary/aromatic N) is 1. The first-order valence-electron chi connectivity index (χ1n) is 5.13. The summed E-state index contributed by atoms with van der Waals surface area (Å²) in [5, 5.41) is 1.04. The molecule has 1 heterocycles. The number of hydrogen-bond acceptors (Lipinski definition) is 3. The molecule has 1 aromatic heterocycles. The molecule has 0 aliphatic carbocycles. The van der Waals surface area contributed by atoms with Gasteiger partial charge in [-0.05, 0) is 37.6 Å². The lowest BCUT2D eigenvalue weighted by Gasteiger charge is -1.94. The molecular weight excluding hydrogens is 216 g/mol. The smallest absolute Gasteiger partial charge is 0.116 e. The standard InChI is InChI=1S/C13H14N2S/c1-9-10(2)16-13(15-9)7-6-11-4-3-5-12(14)8-11/h3-8H,14H2,1-2H3. The van der Waals surface area contributed by atoms with E-state index < -0.39 is 0 Å². The summed E-state index contributed by atoms with van der Waals surface area (Å²) in [4.78, 5) is 5.72. The molecule has 0 atom stereocenters. The summed E-state index contributed by atoms with van der Waals surface area (Å²) < 4.78 is 0. The molecule has 0 amide bonds. The molecule has 0 aliphatic rings. The van der Waals surface area contributed by atoms with Gasteiger partial charge < -0.3 is 5.73 Å². The minimum Gasteiger partial charge on any atom is -0.399 e. The first-order valence-corrected chi connectivity index (χ1v) is 5.94. The molecule has 0 saturated carbocycles. The number of benzene rings is 1. The van der Waals surface area contributed by atoms with E-state index in [9.17, 15) is 0 Å². The highest BCUT2D eigenvalue weighted by Gasteiger charge is 1.99. The van der Waals surface area contributed by atoms with E-state index >= 15 is 0 Å². The minimum absolute atomic E-state index is 0.786. The molecule has 82 valence electrons. The Labute approximate surface area is 99.5 Å². The number of nitrogens with two attached hydrogens (primary N) is 1. The van der Waals surface area contributed by atoms with E-state index in [0.717, 1.165) is 22.0 Å². The van der Waals surface area contributed by atoms with E-state index in [1.807, 2.05) is 43.3 Å². The van der Waals surface area contributed by atoms with Crippen LogP contribution in [-0.4, -0.2) is 4.98 Å². The lowest BCUT2D eigenvalue weighted by Crippen LogP contribution is -1.83. The molecule has 0 bridgehead atoms. The van der Waals surface area contributed by atoms with Crippen LogP contribution in [0.5, 0.6) is 0 Å². The van der Waals surface area contributed by atoms with Crippen LogP contribution in [0.3, 0.4) is 0 Å². The number of rotatable bonds is 2. The van der Waals surface area contributed by atoms with Crippen molar-refractivity contribution in [1.29, 1.82) is 0 Å². The van der Waals surface area contributed by atoms with Gasteiger partial charge in [0.1, 0.15) is 5.01 Å². The summed E-state index contributed by atoms with van der Waals surface area (Å²) in [5.74, 6) is 0. The van der Waals surface area contributed by atoms with Crippen molar-refractivity contribution >= 4 is 29.2 Å². The molecule has 2 nitrogen and oxygen atoms in total. The van der Waals surface area contributed by atoms with Crippen molar-refractivity contribution in [3.8, 4) is 0 Å². The molecule has 0 unspecified atom stereocenters. The summed E-state index contributed by atoms with van der Waals surface area (Å²) in [6.45, 7) is 4.12. The zero-order valence-electron chi connectivity index (χ0n) is 9.40. The number of hydrogen-bond donors (Lipinski definition) is 1.